The summed E-state index contributed by atoms with van der Waals surface area (Å²) < 4.78 is 11.6. The summed E-state index contributed by atoms with van der Waals surface area (Å²) in [5.74, 6) is -1.20. The van der Waals surface area contributed by atoms with Gasteiger partial charge in [0.25, 0.3) is 5.91 Å². The standard InChI is InChI=1S/C21H20BNO5/c24-20(21-10-9-18(28-21)15-6-1-3-7-16(15)21)23-19(22(25)26)11-13-12-27-17-8-4-2-5-14(13)17/h1-8,12,18-19,25-26H,9-11H2,(H,23,24)/t18-,19-,21+/m0/s1. The van der Waals surface area contributed by atoms with Crippen molar-refractivity contribution in [3.8, 4) is 0 Å². The minimum absolute atomic E-state index is 0.0720. The number of para-hydroxylation sites is 1. The molecule has 142 valence electrons. The van der Waals surface area contributed by atoms with E-state index in [0.29, 0.717) is 6.42 Å². The summed E-state index contributed by atoms with van der Waals surface area (Å²) in [6, 6.07) is 15.3. The fraction of sp³-hybridized carbons (Fsp3) is 0.286. The molecule has 5 rings (SSSR count). The first kappa shape index (κ1) is 17.5. The van der Waals surface area contributed by atoms with Gasteiger partial charge in [-0.3, -0.25) is 4.79 Å². The molecule has 1 amide bonds. The lowest BCUT2D eigenvalue weighted by Crippen LogP contribution is -2.53. The molecule has 3 aromatic rings. The maximum absolute atomic E-state index is 13.2. The van der Waals surface area contributed by atoms with Crippen molar-refractivity contribution < 1.29 is 24.0 Å². The van der Waals surface area contributed by atoms with E-state index in [1.807, 2.05) is 48.5 Å². The Balaban J connectivity index is 1.41. The zero-order valence-electron chi connectivity index (χ0n) is 15.2. The maximum atomic E-state index is 13.2. The van der Waals surface area contributed by atoms with Crippen molar-refractivity contribution in [2.45, 2.75) is 36.9 Å². The van der Waals surface area contributed by atoms with Gasteiger partial charge in [0.15, 0.2) is 5.60 Å². The van der Waals surface area contributed by atoms with Crippen LogP contribution in [0.3, 0.4) is 0 Å². The van der Waals surface area contributed by atoms with Crippen LogP contribution in [0.15, 0.2) is 59.2 Å². The van der Waals surface area contributed by atoms with E-state index in [1.165, 1.54) is 0 Å². The zero-order chi connectivity index (χ0) is 19.3. The zero-order valence-corrected chi connectivity index (χ0v) is 15.2. The first-order chi connectivity index (χ1) is 13.6. The van der Waals surface area contributed by atoms with E-state index in [2.05, 4.69) is 5.32 Å². The second-order valence-electron chi connectivity index (χ2n) is 7.51. The highest BCUT2D eigenvalue weighted by Gasteiger charge is 2.55. The highest BCUT2D eigenvalue weighted by Crippen LogP contribution is 2.54. The molecule has 2 aromatic carbocycles. The van der Waals surface area contributed by atoms with Crippen molar-refractivity contribution >= 4 is 24.0 Å². The number of fused-ring (bicyclic) bond motifs is 6. The van der Waals surface area contributed by atoms with Gasteiger partial charge in [-0.15, -0.1) is 0 Å². The predicted octanol–water partition coefficient (Wildman–Crippen LogP) is 2.23. The smallest absolute Gasteiger partial charge is 0.464 e. The molecule has 1 fully saturated rings. The number of ether oxygens (including phenoxy) is 1. The van der Waals surface area contributed by atoms with Gasteiger partial charge in [-0.05, 0) is 42.0 Å². The van der Waals surface area contributed by atoms with Crippen LogP contribution in [0.1, 0.15) is 35.6 Å². The van der Waals surface area contributed by atoms with Crippen molar-refractivity contribution in [3.63, 3.8) is 0 Å². The lowest BCUT2D eigenvalue weighted by atomic mass is 9.74. The number of furan rings is 1. The first-order valence-electron chi connectivity index (χ1n) is 9.48. The topological polar surface area (TPSA) is 91.9 Å². The van der Waals surface area contributed by atoms with E-state index in [4.69, 9.17) is 9.15 Å². The van der Waals surface area contributed by atoms with Crippen LogP contribution in [0.2, 0.25) is 0 Å². The maximum Gasteiger partial charge on any atom is 0.475 e. The highest BCUT2D eigenvalue weighted by atomic mass is 16.5. The van der Waals surface area contributed by atoms with Gasteiger partial charge in [0.1, 0.15) is 5.58 Å². The van der Waals surface area contributed by atoms with Gasteiger partial charge in [-0.25, -0.2) is 0 Å². The lowest BCUT2D eigenvalue weighted by Gasteiger charge is -2.28. The number of nitrogens with one attached hydrogen (secondary N) is 1. The second kappa shape index (κ2) is 6.48. The molecule has 1 aromatic heterocycles. The van der Waals surface area contributed by atoms with Crippen LogP contribution < -0.4 is 5.32 Å². The van der Waals surface area contributed by atoms with Gasteiger partial charge >= 0.3 is 7.12 Å². The lowest BCUT2D eigenvalue weighted by molar-refractivity contribution is -0.144. The van der Waals surface area contributed by atoms with Crippen LogP contribution in [0.4, 0.5) is 0 Å². The number of benzene rings is 2. The Kier molecular flexibility index (Phi) is 4.05. The average molecular weight is 377 g/mol. The third-order valence-corrected chi connectivity index (χ3v) is 5.89. The van der Waals surface area contributed by atoms with Gasteiger partial charge in [0.05, 0.1) is 18.3 Å². The fourth-order valence-corrected chi connectivity index (χ4v) is 4.49. The Morgan fingerprint density at radius 2 is 2.00 bits per heavy atom. The molecule has 3 heterocycles. The molecule has 0 spiro atoms. The molecule has 2 aliphatic rings. The van der Waals surface area contributed by atoms with E-state index >= 15 is 0 Å². The number of hydrogen-bond donors (Lipinski definition) is 3. The summed E-state index contributed by atoms with van der Waals surface area (Å²) in [5, 5.41) is 23.5. The fourth-order valence-electron chi connectivity index (χ4n) is 4.49. The molecule has 3 atom stereocenters. The van der Waals surface area contributed by atoms with Gasteiger partial charge in [-0.2, -0.15) is 0 Å². The van der Waals surface area contributed by atoms with Crippen molar-refractivity contribution in [1.82, 2.24) is 5.32 Å². The van der Waals surface area contributed by atoms with E-state index in [0.717, 1.165) is 34.1 Å². The molecule has 28 heavy (non-hydrogen) atoms. The van der Waals surface area contributed by atoms with Gasteiger partial charge in [-0.1, -0.05) is 42.5 Å². The molecule has 3 N–H and O–H groups in total. The van der Waals surface area contributed by atoms with E-state index in [1.54, 1.807) is 6.26 Å². The molecule has 1 saturated heterocycles. The molecule has 0 saturated carbocycles. The summed E-state index contributed by atoms with van der Waals surface area (Å²) in [4.78, 5) is 13.2. The first-order valence-corrected chi connectivity index (χ1v) is 9.48. The van der Waals surface area contributed by atoms with Gasteiger partial charge < -0.3 is 24.5 Å². The minimum Gasteiger partial charge on any atom is -0.464 e. The Hall–Kier alpha value is -2.61. The van der Waals surface area contributed by atoms with Crippen LogP contribution >= 0.6 is 0 Å². The number of hydrogen-bond acceptors (Lipinski definition) is 5. The Morgan fingerprint density at radius 3 is 2.86 bits per heavy atom. The highest BCUT2D eigenvalue weighted by molar-refractivity contribution is 6.43. The number of carbonyl (C=O) groups excluding carboxylic acids is 1. The van der Waals surface area contributed by atoms with Gasteiger partial charge in [0.2, 0.25) is 0 Å². The molecular weight excluding hydrogens is 357 g/mol. The van der Waals surface area contributed by atoms with Crippen LogP contribution in [0.25, 0.3) is 11.0 Å². The third kappa shape index (κ3) is 2.58. The largest absolute Gasteiger partial charge is 0.475 e. The van der Waals surface area contributed by atoms with Crippen LogP contribution in [-0.2, 0) is 21.6 Å². The quantitative estimate of drug-likeness (QED) is 0.593. The molecule has 0 aliphatic carbocycles. The third-order valence-electron chi connectivity index (χ3n) is 5.89. The van der Waals surface area contributed by atoms with Crippen molar-refractivity contribution in [2.24, 2.45) is 0 Å². The monoisotopic (exact) mass is 377 g/mol. The SMILES string of the molecule is O=C(N[C@@H](Cc1coc2ccccc12)B(O)O)[C@]12CC[C@H](O1)c1ccccc12. The van der Waals surface area contributed by atoms with E-state index in [9.17, 15) is 14.8 Å². The summed E-state index contributed by atoms with van der Waals surface area (Å²) in [5.41, 5.74) is 2.41. The molecule has 2 bridgehead atoms. The molecule has 0 unspecified atom stereocenters. The number of amides is 1. The van der Waals surface area contributed by atoms with E-state index in [-0.39, 0.29) is 18.4 Å². The van der Waals surface area contributed by atoms with Gasteiger partial charge in [0, 0.05) is 5.39 Å². The molecule has 0 radical (unpaired) electrons. The predicted molar refractivity (Wildman–Crippen MR) is 103 cm³/mol. The molecular formula is C21H20BNO5. The van der Waals surface area contributed by atoms with Crippen LogP contribution in [0, 0.1) is 0 Å². The van der Waals surface area contributed by atoms with E-state index < -0.39 is 18.7 Å². The Morgan fingerprint density at radius 1 is 1.21 bits per heavy atom. The molecule has 2 aliphatic heterocycles. The normalized spacial score (nSPS) is 23.6. The van der Waals surface area contributed by atoms with Crippen molar-refractivity contribution in [1.29, 1.82) is 0 Å². The molecule has 7 heteroatoms. The summed E-state index contributed by atoms with van der Waals surface area (Å²) in [7, 11) is -1.71. The Labute approximate surface area is 162 Å². The summed E-state index contributed by atoms with van der Waals surface area (Å²) >= 11 is 0. The number of carbonyl (C=O) groups is 1. The van der Waals surface area contributed by atoms with Crippen LogP contribution in [0.5, 0.6) is 0 Å². The summed E-state index contributed by atoms with van der Waals surface area (Å²) in [6.45, 7) is 0. The summed E-state index contributed by atoms with van der Waals surface area (Å²) in [6.07, 6.45) is 3.13. The number of rotatable bonds is 5. The second-order valence-corrected chi connectivity index (χ2v) is 7.51. The average Bonchev–Trinajstić information content (AvgIpc) is 3.41. The van der Waals surface area contributed by atoms with Crippen molar-refractivity contribution in [2.75, 3.05) is 0 Å². The Bertz CT molecular complexity index is 1050. The van der Waals surface area contributed by atoms with Crippen LogP contribution in [-0.4, -0.2) is 29.0 Å². The molecule has 6 nitrogen and oxygen atoms in total. The van der Waals surface area contributed by atoms with Crippen molar-refractivity contribution in [3.05, 3.63) is 71.5 Å². The minimum atomic E-state index is -1.71.